The molecule has 0 amide bonds. The molecule has 0 spiro atoms. The van der Waals surface area contributed by atoms with Gasteiger partial charge in [-0.3, -0.25) is 4.57 Å². The zero-order valence-electron chi connectivity index (χ0n) is 8.42. The number of rotatable bonds is 7. The summed E-state index contributed by atoms with van der Waals surface area (Å²) in [6, 6.07) is 0. The molecule has 5 nitrogen and oxygen atoms in total. The van der Waals surface area contributed by atoms with E-state index in [4.69, 9.17) is 19.3 Å². The molecule has 0 aromatic carbocycles. The maximum Gasteiger partial charge on any atom is 0.329 e. The highest BCUT2D eigenvalue weighted by Crippen LogP contribution is 2.33. The minimum atomic E-state index is -3.96. The summed E-state index contributed by atoms with van der Waals surface area (Å²) in [6.45, 7) is 4.63. The van der Waals surface area contributed by atoms with E-state index in [0.717, 1.165) is 0 Å². The topological polar surface area (TPSA) is 76.0 Å². The summed E-state index contributed by atoms with van der Waals surface area (Å²) in [4.78, 5) is 17.1. The lowest BCUT2D eigenvalue weighted by Gasteiger charge is -2.12. The van der Waals surface area contributed by atoms with Crippen LogP contribution in [0.5, 0.6) is 0 Å². The zero-order chi connectivity index (χ0) is 11.0. The average molecular weight is 224 g/mol. The SMILES string of the molecule is CCOC(/C=C/CP(=O)(O)O)OCC. The van der Waals surface area contributed by atoms with Crippen molar-refractivity contribution in [2.24, 2.45) is 0 Å². The molecule has 6 heteroatoms. The summed E-state index contributed by atoms with van der Waals surface area (Å²) in [7, 11) is -3.96. The van der Waals surface area contributed by atoms with Crippen LogP contribution in [0.2, 0.25) is 0 Å². The standard InChI is InChI=1S/C8H17O5P/c1-3-12-8(13-4-2)6-5-7-14(9,10)11/h5-6,8H,3-4,7H2,1-2H3,(H2,9,10,11)/b6-5+. The van der Waals surface area contributed by atoms with Crippen LogP contribution in [0.25, 0.3) is 0 Å². The second-order valence-corrected chi connectivity index (χ2v) is 4.25. The first-order valence-electron chi connectivity index (χ1n) is 4.44. The van der Waals surface area contributed by atoms with Crippen LogP contribution >= 0.6 is 7.60 Å². The fourth-order valence-electron chi connectivity index (χ4n) is 0.797. The van der Waals surface area contributed by atoms with Gasteiger partial charge >= 0.3 is 7.60 Å². The molecule has 0 aromatic heterocycles. The highest BCUT2D eigenvalue weighted by molar-refractivity contribution is 7.51. The van der Waals surface area contributed by atoms with Crippen LogP contribution in [-0.2, 0) is 14.0 Å². The predicted octanol–water partition coefficient (Wildman–Crippen LogP) is 1.12. The Hall–Kier alpha value is -0.190. The molecule has 0 aromatic rings. The third-order valence-corrected chi connectivity index (χ3v) is 1.98. The molecule has 0 atom stereocenters. The molecule has 2 N–H and O–H groups in total. The van der Waals surface area contributed by atoms with Gasteiger partial charge in [-0.25, -0.2) is 0 Å². The first kappa shape index (κ1) is 13.8. The van der Waals surface area contributed by atoms with Crippen LogP contribution in [0.3, 0.4) is 0 Å². The second kappa shape index (κ2) is 7.15. The van der Waals surface area contributed by atoms with Gasteiger partial charge in [-0.1, -0.05) is 6.08 Å². The van der Waals surface area contributed by atoms with Crippen LogP contribution in [0, 0.1) is 0 Å². The van der Waals surface area contributed by atoms with E-state index in [2.05, 4.69) is 0 Å². The van der Waals surface area contributed by atoms with Gasteiger partial charge in [0, 0.05) is 13.2 Å². The zero-order valence-corrected chi connectivity index (χ0v) is 9.31. The van der Waals surface area contributed by atoms with Crippen molar-refractivity contribution in [1.29, 1.82) is 0 Å². The molecule has 0 aliphatic rings. The van der Waals surface area contributed by atoms with E-state index < -0.39 is 13.9 Å². The Labute approximate surface area is 83.9 Å². The minimum Gasteiger partial charge on any atom is -0.349 e. The molecule has 0 rings (SSSR count). The molecule has 0 heterocycles. The fourth-order valence-corrected chi connectivity index (χ4v) is 1.19. The Morgan fingerprint density at radius 3 is 2.14 bits per heavy atom. The lowest BCUT2D eigenvalue weighted by molar-refractivity contribution is -0.103. The average Bonchev–Trinajstić information content (AvgIpc) is 2.02. The van der Waals surface area contributed by atoms with Gasteiger partial charge in [-0.15, -0.1) is 0 Å². The molecule has 0 radical (unpaired) electrons. The van der Waals surface area contributed by atoms with Gasteiger partial charge in [0.2, 0.25) is 0 Å². The number of hydrogen-bond donors (Lipinski definition) is 2. The van der Waals surface area contributed by atoms with Gasteiger partial charge in [0.15, 0.2) is 6.29 Å². The van der Waals surface area contributed by atoms with Crippen molar-refractivity contribution in [2.75, 3.05) is 19.4 Å². The summed E-state index contributed by atoms with van der Waals surface area (Å²) in [6.07, 6.45) is 2.07. The summed E-state index contributed by atoms with van der Waals surface area (Å²) in [5.41, 5.74) is 0. The molecular formula is C8H17O5P. The molecule has 0 aliphatic heterocycles. The van der Waals surface area contributed by atoms with E-state index in [9.17, 15) is 4.57 Å². The van der Waals surface area contributed by atoms with Gasteiger partial charge in [-0.05, 0) is 19.9 Å². The van der Waals surface area contributed by atoms with Gasteiger partial charge in [0.25, 0.3) is 0 Å². The van der Waals surface area contributed by atoms with Crippen LogP contribution in [-0.4, -0.2) is 35.5 Å². The van der Waals surface area contributed by atoms with Crippen molar-refractivity contribution >= 4 is 7.60 Å². The van der Waals surface area contributed by atoms with Crippen molar-refractivity contribution < 1.29 is 23.8 Å². The van der Waals surface area contributed by atoms with Crippen molar-refractivity contribution in [3.8, 4) is 0 Å². The van der Waals surface area contributed by atoms with Crippen LogP contribution in [0.15, 0.2) is 12.2 Å². The Kier molecular flexibility index (Phi) is 7.05. The van der Waals surface area contributed by atoms with Gasteiger partial charge in [0.05, 0.1) is 6.16 Å². The molecule has 0 aliphatic carbocycles. The van der Waals surface area contributed by atoms with Gasteiger partial charge in [-0.2, -0.15) is 0 Å². The molecule has 0 saturated heterocycles. The van der Waals surface area contributed by atoms with E-state index in [1.165, 1.54) is 12.2 Å². The van der Waals surface area contributed by atoms with Crippen molar-refractivity contribution in [1.82, 2.24) is 0 Å². The normalized spacial score (nSPS) is 12.9. The maximum atomic E-state index is 10.5. The van der Waals surface area contributed by atoms with Crippen molar-refractivity contribution in [3.05, 3.63) is 12.2 Å². The third kappa shape index (κ3) is 8.41. The molecule has 0 unspecified atom stereocenters. The van der Waals surface area contributed by atoms with E-state index in [-0.39, 0.29) is 6.16 Å². The predicted molar refractivity (Wildman–Crippen MR) is 53.1 cm³/mol. The lowest BCUT2D eigenvalue weighted by Crippen LogP contribution is -2.14. The number of allylic oxidation sites excluding steroid dienone is 1. The summed E-state index contributed by atoms with van der Waals surface area (Å²) in [5, 5.41) is 0. The third-order valence-electron chi connectivity index (χ3n) is 1.30. The van der Waals surface area contributed by atoms with Crippen LogP contribution < -0.4 is 0 Å². The molecule has 84 valence electrons. The van der Waals surface area contributed by atoms with E-state index >= 15 is 0 Å². The first-order chi connectivity index (χ1) is 6.49. The molecule has 0 saturated carbocycles. The number of hydrogen-bond acceptors (Lipinski definition) is 3. The summed E-state index contributed by atoms with van der Waals surface area (Å²) < 4.78 is 20.8. The Morgan fingerprint density at radius 2 is 1.79 bits per heavy atom. The summed E-state index contributed by atoms with van der Waals surface area (Å²) >= 11 is 0. The quantitative estimate of drug-likeness (QED) is 0.385. The molecule has 0 fully saturated rings. The minimum absolute atomic E-state index is 0.288. The maximum absolute atomic E-state index is 10.5. The second-order valence-electron chi connectivity index (χ2n) is 2.55. The summed E-state index contributed by atoms with van der Waals surface area (Å²) in [5.74, 6) is 0. The lowest BCUT2D eigenvalue weighted by atomic mass is 10.5. The first-order valence-corrected chi connectivity index (χ1v) is 6.23. The fraction of sp³-hybridized carbons (Fsp3) is 0.750. The molecular weight excluding hydrogens is 207 g/mol. The van der Waals surface area contributed by atoms with E-state index in [1.54, 1.807) is 0 Å². The monoisotopic (exact) mass is 224 g/mol. The van der Waals surface area contributed by atoms with Crippen molar-refractivity contribution in [3.63, 3.8) is 0 Å². The highest BCUT2D eigenvalue weighted by atomic mass is 31.2. The largest absolute Gasteiger partial charge is 0.349 e. The van der Waals surface area contributed by atoms with Crippen LogP contribution in [0.4, 0.5) is 0 Å². The Morgan fingerprint density at radius 1 is 1.29 bits per heavy atom. The number of ether oxygens (including phenoxy) is 2. The highest BCUT2D eigenvalue weighted by Gasteiger charge is 2.10. The smallest absolute Gasteiger partial charge is 0.329 e. The van der Waals surface area contributed by atoms with E-state index in [1.807, 2.05) is 13.8 Å². The molecule has 0 bridgehead atoms. The van der Waals surface area contributed by atoms with E-state index in [0.29, 0.717) is 13.2 Å². The van der Waals surface area contributed by atoms with Crippen molar-refractivity contribution in [2.45, 2.75) is 20.1 Å². The molecule has 14 heavy (non-hydrogen) atoms. The van der Waals surface area contributed by atoms with Crippen LogP contribution in [0.1, 0.15) is 13.8 Å². The van der Waals surface area contributed by atoms with Gasteiger partial charge < -0.3 is 19.3 Å². The Bertz CT molecular complexity index is 204. The Balaban J connectivity index is 3.95. The van der Waals surface area contributed by atoms with Gasteiger partial charge in [0.1, 0.15) is 0 Å².